The van der Waals surface area contributed by atoms with Crippen molar-refractivity contribution in [1.82, 2.24) is 0 Å². The number of hydrogen-bond acceptors (Lipinski definition) is 0. The molecule has 0 saturated heterocycles. The van der Waals surface area contributed by atoms with Crippen LogP contribution in [0.3, 0.4) is 0 Å². The first-order valence-corrected chi connectivity index (χ1v) is 8.81. The first kappa shape index (κ1) is 18.9. The number of hydrogen-bond donors (Lipinski definition) is 0. The van der Waals surface area contributed by atoms with Crippen LogP contribution in [0.5, 0.6) is 0 Å². The van der Waals surface area contributed by atoms with Gasteiger partial charge in [0.25, 0.3) is 0 Å². The normalized spacial score (nSPS) is 12.2. The van der Waals surface area contributed by atoms with Crippen molar-refractivity contribution in [3.05, 3.63) is 108 Å². The van der Waals surface area contributed by atoms with Crippen LogP contribution in [0.15, 0.2) is 91.0 Å². The van der Waals surface area contributed by atoms with Crippen molar-refractivity contribution >= 4 is 26.2 Å². The lowest BCUT2D eigenvalue weighted by Gasteiger charge is -2.39. The molecule has 0 saturated carbocycles. The maximum absolute atomic E-state index is 3.04. The van der Waals surface area contributed by atoms with Gasteiger partial charge in [-0.1, -0.05) is 97.9 Å². The molecule has 0 amide bonds. The molecule has 2 atom stereocenters. The van der Waals surface area contributed by atoms with E-state index in [0.29, 0.717) is 5.66 Å². The first-order valence-electron chi connectivity index (χ1n) is 8.14. The standard InChI is InChI=1S/C22H23P.BrH/c1-18(23)22(20-13-7-3-8-14-20,21-15-9-4-10-16-21)17-19-11-5-2-6-12-19;/h2-16,18H,17,23H2,1H3;1H. The number of rotatable bonds is 5. The molecule has 0 spiro atoms. The summed E-state index contributed by atoms with van der Waals surface area (Å²) in [5.41, 5.74) is 4.48. The Balaban J connectivity index is 0.00000208. The molecule has 0 aromatic heterocycles. The Labute approximate surface area is 158 Å². The summed E-state index contributed by atoms with van der Waals surface area (Å²) in [6.07, 6.45) is 0.993. The molecule has 0 aliphatic rings. The molecule has 24 heavy (non-hydrogen) atoms. The Kier molecular flexibility index (Phi) is 6.78. The Morgan fingerprint density at radius 1 is 0.708 bits per heavy atom. The van der Waals surface area contributed by atoms with Crippen molar-refractivity contribution in [2.75, 3.05) is 0 Å². The van der Waals surface area contributed by atoms with Crippen molar-refractivity contribution in [3.8, 4) is 0 Å². The Bertz CT molecular complexity index is 684. The summed E-state index contributed by atoms with van der Waals surface area (Å²) in [5.74, 6) is 0. The second-order valence-electron chi connectivity index (χ2n) is 6.15. The largest absolute Gasteiger partial charge is 0.133 e. The molecule has 0 aliphatic carbocycles. The lowest BCUT2D eigenvalue weighted by molar-refractivity contribution is 0.505. The zero-order valence-corrected chi connectivity index (χ0v) is 16.8. The predicted molar refractivity (Wildman–Crippen MR) is 113 cm³/mol. The molecular formula is C22H24BrP. The molecule has 0 bridgehead atoms. The zero-order chi connectivity index (χ0) is 16.1. The first-order chi connectivity index (χ1) is 11.2. The molecule has 3 aromatic rings. The van der Waals surface area contributed by atoms with Crippen LogP contribution in [-0.2, 0) is 11.8 Å². The van der Waals surface area contributed by atoms with E-state index in [4.69, 9.17) is 0 Å². The van der Waals surface area contributed by atoms with Crippen molar-refractivity contribution in [1.29, 1.82) is 0 Å². The van der Waals surface area contributed by atoms with Gasteiger partial charge in [0.15, 0.2) is 0 Å². The van der Waals surface area contributed by atoms with Gasteiger partial charge >= 0.3 is 0 Å². The van der Waals surface area contributed by atoms with Crippen LogP contribution >= 0.6 is 26.2 Å². The molecule has 0 fully saturated rings. The topological polar surface area (TPSA) is 0 Å². The van der Waals surface area contributed by atoms with Crippen LogP contribution in [0.1, 0.15) is 23.6 Å². The van der Waals surface area contributed by atoms with Gasteiger partial charge in [-0.25, -0.2) is 0 Å². The van der Waals surface area contributed by atoms with Crippen molar-refractivity contribution in [2.45, 2.75) is 24.4 Å². The van der Waals surface area contributed by atoms with Crippen LogP contribution in [0.2, 0.25) is 0 Å². The minimum absolute atomic E-state index is 0. The summed E-state index contributed by atoms with van der Waals surface area (Å²) in [5, 5.41) is 0. The molecule has 2 heteroatoms. The second-order valence-corrected chi connectivity index (χ2v) is 7.15. The summed E-state index contributed by atoms with van der Waals surface area (Å²) in [6, 6.07) is 32.6. The van der Waals surface area contributed by atoms with Crippen LogP contribution < -0.4 is 0 Å². The van der Waals surface area contributed by atoms with Gasteiger partial charge in [-0.05, 0) is 28.8 Å². The lowest BCUT2D eigenvalue weighted by Crippen LogP contribution is -2.38. The summed E-state index contributed by atoms with van der Waals surface area (Å²) >= 11 is 0. The summed E-state index contributed by atoms with van der Waals surface area (Å²) in [4.78, 5) is 0. The smallest absolute Gasteiger partial charge is 0.0302 e. The highest BCUT2D eigenvalue weighted by Crippen LogP contribution is 2.42. The van der Waals surface area contributed by atoms with Gasteiger partial charge in [-0.2, -0.15) is 0 Å². The maximum Gasteiger partial charge on any atom is 0.0302 e. The van der Waals surface area contributed by atoms with Crippen molar-refractivity contribution < 1.29 is 0 Å². The third-order valence-electron chi connectivity index (χ3n) is 4.68. The Hall–Kier alpha value is -1.43. The monoisotopic (exact) mass is 398 g/mol. The van der Waals surface area contributed by atoms with E-state index in [1.54, 1.807) is 0 Å². The van der Waals surface area contributed by atoms with E-state index in [-0.39, 0.29) is 22.4 Å². The van der Waals surface area contributed by atoms with Gasteiger partial charge < -0.3 is 0 Å². The molecule has 2 unspecified atom stereocenters. The second kappa shape index (κ2) is 8.60. The van der Waals surface area contributed by atoms with Crippen LogP contribution in [0.25, 0.3) is 0 Å². The van der Waals surface area contributed by atoms with Crippen LogP contribution in [0, 0.1) is 0 Å². The van der Waals surface area contributed by atoms with Gasteiger partial charge in [0.2, 0.25) is 0 Å². The molecule has 0 heterocycles. The van der Waals surface area contributed by atoms with Gasteiger partial charge in [0.05, 0.1) is 0 Å². The quantitative estimate of drug-likeness (QED) is 0.458. The molecule has 0 aliphatic heterocycles. The van der Waals surface area contributed by atoms with E-state index in [2.05, 4.69) is 107 Å². The van der Waals surface area contributed by atoms with E-state index in [9.17, 15) is 0 Å². The Morgan fingerprint density at radius 2 is 1.08 bits per heavy atom. The fourth-order valence-electron chi connectivity index (χ4n) is 3.45. The molecular weight excluding hydrogens is 375 g/mol. The van der Waals surface area contributed by atoms with Gasteiger partial charge in [0, 0.05) is 5.41 Å². The summed E-state index contributed by atoms with van der Waals surface area (Å²) in [6.45, 7) is 2.30. The van der Waals surface area contributed by atoms with Crippen molar-refractivity contribution in [2.24, 2.45) is 0 Å². The number of benzene rings is 3. The highest BCUT2D eigenvalue weighted by molar-refractivity contribution is 8.93. The molecule has 124 valence electrons. The molecule has 0 nitrogen and oxygen atoms in total. The maximum atomic E-state index is 3.04. The SMILES string of the molecule is Br.CC(P)C(Cc1ccccc1)(c1ccccc1)c1ccccc1. The van der Waals surface area contributed by atoms with Crippen molar-refractivity contribution in [3.63, 3.8) is 0 Å². The minimum Gasteiger partial charge on any atom is -0.133 e. The van der Waals surface area contributed by atoms with Crippen LogP contribution in [0.4, 0.5) is 0 Å². The van der Waals surface area contributed by atoms with Gasteiger partial charge in [-0.3, -0.25) is 0 Å². The van der Waals surface area contributed by atoms with E-state index >= 15 is 0 Å². The third kappa shape index (κ3) is 3.79. The van der Waals surface area contributed by atoms with E-state index in [1.807, 2.05) is 0 Å². The minimum atomic E-state index is -0.0471. The van der Waals surface area contributed by atoms with Gasteiger partial charge in [-0.15, -0.1) is 26.2 Å². The molecule has 3 rings (SSSR count). The molecule has 0 N–H and O–H groups in total. The zero-order valence-electron chi connectivity index (χ0n) is 13.9. The average Bonchev–Trinajstić information content (AvgIpc) is 2.62. The number of halogens is 1. The highest BCUT2D eigenvalue weighted by atomic mass is 79.9. The van der Waals surface area contributed by atoms with Gasteiger partial charge in [0.1, 0.15) is 0 Å². The van der Waals surface area contributed by atoms with Crippen LogP contribution in [-0.4, -0.2) is 5.66 Å². The fourth-order valence-corrected chi connectivity index (χ4v) is 3.95. The molecule has 3 aromatic carbocycles. The fraction of sp³-hybridized carbons (Fsp3) is 0.182. The summed E-state index contributed by atoms with van der Waals surface area (Å²) < 4.78 is 0. The third-order valence-corrected chi connectivity index (χ3v) is 5.25. The lowest BCUT2D eigenvalue weighted by atomic mass is 9.68. The Morgan fingerprint density at radius 3 is 1.46 bits per heavy atom. The summed E-state index contributed by atoms with van der Waals surface area (Å²) in [7, 11) is 3.04. The highest BCUT2D eigenvalue weighted by Gasteiger charge is 2.37. The molecule has 0 radical (unpaired) electrons. The van der Waals surface area contributed by atoms with E-state index in [1.165, 1.54) is 16.7 Å². The average molecular weight is 399 g/mol. The van der Waals surface area contributed by atoms with E-state index in [0.717, 1.165) is 6.42 Å². The predicted octanol–water partition coefficient (Wildman–Crippen LogP) is 6.06. The van der Waals surface area contributed by atoms with E-state index < -0.39 is 0 Å².